The molecule has 2 aliphatic rings. The number of hydrogen-bond acceptors (Lipinski definition) is 5. The van der Waals surface area contributed by atoms with Gasteiger partial charge >= 0.3 is 5.97 Å². The zero-order chi connectivity index (χ0) is 18.0. The Kier molecular flexibility index (Phi) is 3.75. The second-order valence-corrected chi connectivity index (χ2v) is 8.00. The van der Waals surface area contributed by atoms with E-state index >= 15 is 0 Å². The summed E-state index contributed by atoms with van der Waals surface area (Å²) in [5.41, 5.74) is 5.48. The molecule has 3 N–H and O–H groups in total. The number of aromatic carboxylic acids is 1. The van der Waals surface area contributed by atoms with Crippen LogP contribution in [0.2, 0.25) is 5.02 Å². The highest BCUT2D eigenvalue weighted by Gasteiger charge is 2.35. The lowest BCUT2D eigenvalue weighted by atomic mass is 10.1. The second-order valence-electron chi connectivity index (χ2n) is 6.31. The number of pyridine rings is 1. The molecule has 0 amide bonds. The van der Waals surface area contributed by atoms with Crippen molar-refractivity contribution in [3.8, 4) is 0 Å². The number of halogens is 2. The summed E-state index contributed by atoms with van der Waals surface area (Å²) in [5, 5.41) is 9.76. The van der Waals surface area contributed by atoms with Gasteiger partial charge in [-0.3, -0.25) is 4.79 Å². The maximum atomic E-state index is 14.8. The molecule has 3 heterocycles. The van der Waals surface area contributed by atoms with Gasteiger partial charge in [-0.25, -0.2) is 9.18 Å². The number of nitrogens with zero attached hydrogens (tertiary/aromatic N) is 2. The number of hydrogen-bond donors (Lipinski definition) is 2. The summed E-state index contributed by atoms with van der Waals surface area (Å²) in [5.74, 6) is -1.96. The third kappa shape index (κ3) is 2.28. The summed E-state index contributed by atoms with van der Waals surface area (Å²) in [6.07, 6.45) is 0.732. The van der Waals surface area contributed by atoms with Crippen molar-refractivity contribution in [3.63, 3.8) is 0 Å². The van der Waals surface area contributed by atoms with Gasteiger partial charge in [-0.1, -0.05) is 23.4 Å². The fraction of sp³-hybridized carbons (Fsp3) is 0.375. The van der Waals surface area contributed by atoms with Crippen LogP contribution in [0, 0.1) is 5.82 Å². The molecule has 2 aliphatic heterocycles. The molecule has 9 heteroatoms. The smallest absolute Gasteiger partial charge is 0.342 e. The molecule has 1 fully saturated rings. The lowest BCUT2D eigenvalue weighted by molar-refractivity contribution is 0.0689. The second kappa shape index (κ2) is 5.62. The molecular formula is C16H15ClFN3O3S. The number of benzene rings is 1. The number of nitrogens with two attached hydrogens (primary N) is 1. The number of carboxylic acids is 1. The van der Waals surface area contributed by atoms with Crippen LogP contribution >= 0.6 is 23.4 Å². The van der Waals surface area contributed by atoms with Crippen molar-refractivity contribution in [2.75, 3.05) is 18.0 Å². The predicted octanol–water partition coefficient (Wildman–Crippen LogP) is 2.65. The van der Waals surface area contributed by atoms with Gasteiger partial charge in [-0.05, 0) is 19.4 Å². The molecule has 1 saturated heterocycles. The van der Waals surface area contributed by atoms with Crippen molar-refractivity contribution in [2.24, 2.45) is 5.73 Å². The third-order valence-electron chi connectivity index (χ3n) is 4.71. The number of fused-ring (bicyclic) bond motifs is 3. The number of rotatable bonds is 2. The van der Waals surface area contributed by atoms with E-state index in [1.165, 1.54) is 11.8 Å². The normalized spacial score (nSPS) is 22.2. The molecule has 2 atom stereocenters. The standard InChI is InChI=1S/C16H15ClFN3O3S/c1-6-21-12-8(14(22)10(16(23)24)15(21)25-6)4-9(18)13(11(12)17)20-3-2-7(19)5-20/h4,6-7H,2-3,5,19H2,1H3,(H,23,24)/t6?,7-/m0/s1. The van der Waals surface area contributed by atoms with Gasteiger partial charge in [-0.2, -0.15) is 0 Å². The summed E-state index contributed by atoms with van der Waals surface area (Å²) < 4.78 is 16.5. The topological polar surface area (TPSA) is 88.6 Å². The van der Waals surface area contributed by atoms with E-state index in [4.69, 9.17) is 17.3 Å². The van der Waals surface area contributed by atoms with E-state index in [1.807, 2.05) is 6.92 Å². The van der Waals surface area contributed by atoms with E-state index in [-0.39, 0.29) is 33.1 Å². The number of carboxylic acid groups (broad SMARTS) is 1. The van der Waals surface area contributed by atoms with Crippen LogP contribution in [0.3, 0.4) is 0 Å². The summed E-state index contributed by atoms with van der Waals surface area (Å²) in [6, 6.07) is 1.04. The molecule has 2 aromatic rings. The van der Waals surface area contributed by atoms with Crippen LogP contribution in [-0.2, 0) is 0 Å². The molecule has 0 saturated carbocycles. The number of anilines is 1. The van der Waals surface area contributed by atoms with Crippen LogP contribution in [0.5, 0.6) is 0 Å². The summed E-state index contributed by atoms with van der Waals surface area (Å²) in [6.45, 7) is 2.94. The number of aromatic nitrogens is 1. The molecular weight excluding hydrogens is 369 g/mol. The van der Waals surface area contributed by atoms with Crippen LogP contribution in [0.25, 0.3) is 10.9 Å². The SMILES string of the molecule is CC1Sc2c(C(=O)O)c(=O)c3cc(F)c(N4CC[C@H](N)C4)c(Cl)c3n21. The maximum Gasteiger partial charge on any atom is 0.342 e. The van der Waals surface area contributed by atoms with E-state index < -0.39 is 17.2 Å². The quantitative estimate of drug-likeness (QED) is 0.828. The third-order valence-corrected chi connectivity index (χ3v) is 6.25. The minimum Gasteiger partial charge on any atom is -0.477 e. The van der Waals surface area contributed by atoms with Crippen LogP contribution < -0.4 is 16.1 Å². The first-order valence-corrected chi connectivity index (χ1v) is 9.07. The zero-order valence-electron chi connectivity index (χ0n) is 13.3. The van der Waals surface area contributed by atoms with Gasteiger partial charge in [0.2, 0.25) is 5.43 Å². The van der Waals surface area contributed by atoms with Crippen LogP contribution in [0.1, 0.15) is 29.1 Å². The molecule has 0 radical (unpaired) electrons. The Morgan fingerprint density at radius 1 is 1.52 bits per heavy atom. The Morgan fingerprint density at radius 2 is 2.24 bits per heavy atom. The Labute approximate surface area is 151 Å². The van der Waals surface area contributed by atoms with Crippen molar-refractivity contribution < 1.29 is 14.3 Å². The molecule has 25 heavy (non-hydrogen) atoms. The number of carbonyl (C=O) groups is 1. The molecule has 0 aliphatic carbocycles. The van der Waals surface area contributed by atoms with E-state index in [9.17, 15) is 19.1 Å². The highest BCUT2D eigenvalue weighted by molar-refractivity contribution is 8.00. The lowest BCUT2D eigenvalue weighted by Crippen LogP contribution is -2.30. The first-order valence-electron chi connectivity index (χ1n) is 7.82. The molecule has 0 spiro atoms. The highest BCUT2D eigenvalue weighted by atomic mass is 35.5. The van der Waals surface area contributed by atoms with Crippen LogP contribution in [-0.4, -0.2) is 34.8 Å². The largest absolute Gasteiger partial charge is 0.477 e. The van der Waals surface area contributed by atoms with Crippen molar-refractivity contribution >= 4 is 45.9 Å². The van der Waals surface area contributed by atoms with Crippen LogP contribution in [0.4, 0.5) is 10.1 Å². The average Bonchev–Trinajstić information content (AvgIpc) is 2.94. The predicted molar refractivity (Wildman–Crippen MR) is 95.5 cm³/mol. The Hall–Kier alpha value is -1.77. The molecule has 6 nitrogen and oxygen atoms in total. The Morgan fingerprint density at radius 3 is 2.80 bits per heavy atom. The van der Waals surface area contributed by atoms with Gasteiger partial charge in [0.15, 0.2) is 0 Å². The van der Waals surface area contributed by atoms with Gasteiger partial charge in [0.1, 0.15) is 11.4 Å². The van der Waals surface area contributed by atoms with Gasteiger partial charge in [0, 0.05) is 19.1 Å². The lowest BCUT2D eigenvalue weighted by Gasteiger charge is -2.34. The van der Waals surface area contributed by atoms with Crippen LogP contribution in [0.15, 0.2) is 15.9 Å². The van der Waals surface area contributed by atoms with Gasteiger partial charge in [0.05, 0.1) is 32.0 Å². The van der Waals surface area contributed by atoms with Crippen molar-refractivity contribution in [1.82, 2.24) is 4.57 Å². The van der Waals surface area contributed by atoms with Gasteiger partial charge in [0.25, 0.3) is 0 Å². The van der Waals surface area contributed by atoms with E-state index in [2.05, 4.69) is 0 Å². The summed E-state index contributed by atoms with van der Waals surface area (Å²) in [4.78, 5) is 25.9. The summed E-state index contributed by atoms with van der Waals surface area (Å²) in [7, 11) is 0. The Balaban J connectivity index is 2.07. The molecule has 1 aromatic carbocycles. The minimum absolute atomic E-state index is 0.0111. The van der Waals surface area contributed by atoms with Gasteiger partial charge in [-0.15, -0.1) is 0 Å². The summed E-state index contributed by atoms with van der Waals surface area (Å²) >= 11 is 7.80. The number of thioether (sulfide) groups is 1. The minimum atomic E-state index is -1.32. The maximum absolute atomic E-state index is 14.8. The van der Waals surface area contributed by atoms with E-state index in [1.54, 1.807) is 9.47 Å². The molecule has 132 valence electrons. The van der Waals surface area contributed by atoms with E-state index in [0.29, 0.717) is 23.6 Å². The average molecular weight is 384 g/mol. The van der Waals surface area contributed by atoms with Gasteiger partial charge < -0.3 is 20.3 Å². The van der Waals surface area contributed by atoms with Crippen molar-refractivity contribution in [1.29, 1.82) is 0 Å². The molecule has 0 bridgehead atoms. The fourth-order valence-electron chi connectivity index (χ4n) is 3.56. The monoisotopic (exact) mass is 383 g/mol. The Bertz CT molecular complexity index is 993. The zero-order valence-corrected chi connectivity index (χ0v) is 14.8. The fourth-order valence-corrected chi connectivity index (χ4v) is 5.10. The molecule has 1 aromatic heterocycles. The molecule has 1 unspecified atom stereocenters. The highest BCUT2D eigenvalue weighted by Crippen LogP contribution is 2.49. The van der Waals surface area contributed by atoms with Crippen molar-refractivity contribution in [3.05, 3.63) is 32.7 Å². The first-order chi connectivity index (χ1) is 11.8. The van der Waals surface area contributed by atoms with E-state index in [0.717, 1.165) is 12.5 Å². The molecule has 4 rings (SSSR count). The first kappa shape index (κ1) is 16.7. The van der Waals surface area contributed by atoms with Crippen molar-refractivity contribution in [2.45, 2.75) is 29.8 Å².